The summed E-state index contributed by atoms with van der Waals surface area (Å²) in [6.07, 6.45) is 2.04. The first-order valence-corrected chi connectivity index (χ1v) is 23.0. The molecule has 4 aromatic rings. The van der Waals surface area contributed by atoms with Crippen molar-refractivity contribution in [1.82, 2.24) is 14.7 Å². The number of hydrogen-bond donors (Lipinski definition) is 1. The minimum atomic E-state index is -0.297. The van der Waals surface area contributed by atoms with Crippen LogP contribution in [0.3, 0.4) is 0 Å². The Hall–Kier alpha value is -5.92. The number of likely N-dealkylation sites (tertiary alicyclic amines) is 3. The largest absolute Gasteiger partial charge is 0.453 e. The topological polar surface area (TPSA) is 132 Å². The molecule has 7 rings (SSSR count). The van der Waals surface area contributed by atoms with Crippen LogP contribution in [0.25, 0.3) is 0 Å². The Morgan fingerprint density at radius 3 is 1.35 bits per heavy atom. The average molecular weight is 912 g/mol. The Balaban J connectivity index is 0.000000206. The molecule has 0 aromatic heterocycles. The van der Waals surface area contributed by atoms with Gasteiger partial charge >= 0.3 is 12.2 Å². The monoisotopic (exact) mass is 910 g/mol. The van der Waals surface area contributed by atoms with Crippen molar-refractivity contribution >= 4 is 57.9 Å². The second kappa shape index (κ2) is 28.1. The highest BCUT2D eigenvalue weighted by molar-refractivity contribution is 6.63. The molecule has 0 atom stereocenters. The Labute approximate surface area is 390 Å². The van der Waals surface area contributed by atoms with Crippen LogP contribution in [-0.2, 0) is 30.3 Å². The van der Waals surface area contributed by atoms with Gasteiger partial charge in [-0.2, -0.15) is 0 Å². The molecule has 0 aliphatic carbocycles. The Bertz CT molecular complexity index is 2010. The number of para-hydroxylation sites is 3. The molecule has 0 saturated carbocycles. The molecular weight excluding hydrogens is 844 g/mol. The third-order valence-electron chi connectivity index (χ3n) is 11.2. The van der Waals surface area contributed by atoms with Crippen LogP contribution >= 0.6 is 11.6 Å². The highest BCUT2D eigenvalue weighted by Crippen LogP contribution is 2.24. The second-order valence-electron chi connectivity index (χ2n) is 16.2. The zero-order chi connectivity index (χ0) is 47.0. The van der Waals surface area contributed by atoms with E-state index in [1.807, 2.05) is 110 Å². The number of ether oxygens (including phenoxy) is 2. The molecule has 3 fully saturated rings. The SMILES string of the molecule is CCC(=O)Cl.CCC(=O)N(CC1CN(C(=O)OC)C1)c1ccccc1.CCC(=O)N(CC1CN(CCc2ccccc2)C1)c1ccccc1.COC(=O)N1CC(CNc2ccccc2)C1. The second-order valence-corrected chi connectivity index (χ2v) is 16.6. The molecule has 4 aromatic carbocycles. The number of rotatable bonds is 15. The molecule has 3 saturated heterocycles. The fourth-order valence-electron chi connectivity index (χ4n) is 7.48. The summed E-state index contributed by atoms with van der Waals surface area (Å²) in [4.78, 5) is 66.0. The van der Waals surface area contributed by atoms with E-state index in [0.29, 0.717) is 56.7 Å². The van der Waals surface area contributed by atoms with E-state index in [2.05, 4.69) is 50.0 Å². The number of benzene rings is 4. The average Bonchev–Trinajstić information content (AvgIpc) is 3.31. The number of methoxy groups -OCH3 is 2. The van der Waals surface area contributed by atoms with Crippen LogP contribution in [0.15, 0.2) is 121 Å². The number of halogens is 1. The Kier molecular flexibility index (Phi) is 22.3. The number of anilines is 3. The molecule has 1 N–H and O–H groups in total. The van der Waals surface area contributed by atoms with E-state index < -0.39 is 0 Å². The van der Waals surface area contributed by atoms with Gasteiger partial charge in [-0.05, 0) is 60.0 Å². The van der Waals surface area contributed by atoms with E-state index in [4.69, 9.17) is 11.6 Å². The van der Waals surface area contributed by atoms with Gasteiger partial charge in [0.05, 0.1) is 14.2 Å². The maximum Gasteiger partial charge on any atom is 0.409 e. The van der Waals surface area contributed by atoms with Crippen molar-refractivity contribution in [2.75, 3.05) is 94.8 Å². The predicted octanol–water partition coefficient (Wildman–Crippen LogP) is 8.69. The van der Waals surface area contributed by atoms with Gasteiger partial charge < -0.3 is 39.3 Å². The molecule has 0 radical (unpaired) electrons. The lowest BCUT2D eigenvalue weighted by molar-refractivity contribution is -0.119. The van der Waals surface area contributed by atoms with Crippen LogP contribution in [0.2, 0.25) is 0 Å². The molecule has 3 aliphatic heterocycles. The molecule has 3 aliphatic rings. The van der Waals surface area contributed by atoms with Crippen molar-refractivity contribution < 1.29 is 33.4 Å². The van der Waals surface area contributed by atoms with Crippen molar-refractivity contribution in [1.29, 1.82) is 0 Å². The lowest BCUT2D eigenvalue weighted by Gasteiger charge is -2.41. The summed E-state index contributed by atoms with van der Waals surface area (Å²) < 4.78 is 9.30. The number of nitrogens with zero attached hydrogens (tertiary/aromatic N) is 5. The van der Waals surface area contributed by atoms with Gasteiger partial charge in [0.1, 0.15) is 0 Å². The summed E-state index contributed by atoms with van der Waals surface area (Å²) in [7, 11) is 2.80. The summed E-state index contributed by atoms with van der Waals surface area (Å²) in [5.74, 6) is 1.73. The van der Waals surface area contributed by atoms with E-state index in [9.17, 15) is 24.0 Å². The fourth-order valence-corrected chi connectivity index (χ4v) is 7.48. The van der Waals surface area contributed by atoms with Gasteiger partial charge in [0.15, 0.2) is 0 Å². The fraction of sp³-hybridized carbons (Fsp3) is 0.431. The number of amides is 4. The molecule has 350 valence electrons. The molecule has 65 heavy (non-hydrogen) atoms. The molecule has 3 heterocycles. The third kappa shape index (κ3) is 17.5. The maximum atomic E-state index is 12.3. The summed E-state index contributed by atoms with van der Waals surface area (Å²) >= 11 is 4.82. The maximum absolute atomic E-state index is 12.3. The van der Waals surface area contributed by atoms with Crippen LogP contribution in [-0.4, -0.2) is 124 Å². The van der Waals surface area contributed by atoms with Gasteiger partial charge in [-0.15, -0.1) is 0 Å². The first-order valence-electron chi connectivity index (χ1n) is 22.6. The van der Waals surface area contributed by atoms with E-state index in [1.54, 1.807) is 21.6 Å². The molecular formula is C51H67ClN6O7. The number of carbonyl (C=O) groups excluding carboxylic acids is 5. The highest BCUT2D eigenvalue weighted by Gasteiger charge is 2.34. The molecule has 4 amide bonds. The van der Waals surface area contributed by atoms with Gasteiger partial charge in [0.25, 0.3) is 0 Å². The van der Waals surface area contributed by atoms with E-state index >= 15 is 0 Å². The van der Waals surface area contributed by atoms with Gasteiger partial charge in [0.2, 0.25) is 17.1 Å². The normalized spacial score (nSPS) is 14.4. The molecule has 0 bridgehead atoms. The molecule has 13 nitrogen and oxygen atoms in total. The lowest BCUT2D eigenvalue weighted by atomic mass is 9.98. The molecule has 0 unspecified atom stereocenters. The van der Waals surface area contributed by atoms with Crippen molar-refractivity contribution in [2.24, 2.45) is 17.8 Å². The van der Waals surface area contributed by atoms with Gasteiger partial charge in [-0.25, -0.2) is 9.59 Å². The van der Waals surface area contributed by atoms with E-state index in [-0.39, 0.29) is 29.2 Å². The third-order valence-corrected chi connectivity index (χ3v) is 11.5. The summed E-state index contributed by atoms with van der Waals surface area (Å²) in [6, 6.07) is 40.4. The number of nitrogens with one attached hydrogen (secondary N) is 1. The van der Waals surface area contributed by atoms with Crippen molar-refractivity contribution in [2.45, 2.75) is 46.5 Å². The van der Waals surface area contributed by atoms with Crippen LogP contribution in [0.1, 0.15) is 45.6 Å². The van der Waals surface area contributed by atoms with Gasteiger partial charge in [-0.1, -0.05) is 106 Å². The minimum absolute atomic E-state index is 0.104. The smallest absolute Gasteiger partial charge is 0.409 e. The summed E-state index contributed by atoms with van der Waals surface area (Å²) in [5.41, 5.74) is 4.45. The summed E-state index contributed by atoms with van der Waals surface area (Å²) in [5, 5.41) is 3.07. The number of carbonyl (C=O) groups is 5. The van der Waals surface area contributed by atoms with Gasteiger partial charge in [-0.3, -0.25) is 14.4 Å². The summed E-state index contributed by atoms with van der Waals surface area (Å²) in [6.45, 7) is 14.0. The zero-order valence-electron chi connectivity index (χ0n) is 38.7. The van der Waals surface area contributed by atoms with Crippen LogP contribution in [0, 0.1) is 17.8 Å². The standard InChI is InChI=1S/C21H26N2O.C15H20N2O3.C12H16N2O2.C3H5ClO/c1-2-21(24)23(20-11-7-4-8-12-20)17-19-15-22(16-19)14-13-18-9-5-3-6-10-18;1-3-14(18)17(13-7-5-4-6-8-13)11-12-9-16(10-12)15(19)20-2;1-16-12(15)14-8-10(9-14)7-13-11-5-3-2-4-6-11;1-2-3(4)5/h3-12,19H,2,13-17H2,1H3;4-8,12H,3,9-11H2,1-2H3;2-6,10,13H,7-9H2,1H3;2H2,1H3. The lowest BCUT2D eigenvalue weighted by Crippen LogP contribution is -2.54. The highest BCUT2D eigenvalue weighted by atomic mass is 35.5. The first kappa shape index (κ1) is 51.7. The Morgan fingerprint density at radius 1 is 0.569 bits per heavy atom. The quantitative estimate of drug-likeness (QED) is 0.116. The van der Waals surface area contributed by atoms with Crippen molar-refractivity contribution in [3.63, 3.8) is 0 Å². The van der Waals surface area contributed by atoms with Gasteiger partial charge in [0, 0.05) is 120 Å². The number of hydrogen-bond acceptors (Lipinski definition) is 9. The minimum Gasteiger partial charge on any atom is -0.453 e. The zero-order valence-corrected chi connectivity index (χ0v) is 39.4. The molecule has 14 heteroatoms. The van der Waals surface area contributed by atoms with Crippen molar-refractivity contribution in [3.8, 4) is 0 Å². The van der Waals surface area contributed by atoms with Crippen LogP contribution < -0.4 is 15.1 Å². The van der Waals surface area contributed by atoms with Crippen molar-refractivity contribution in [3.05, 3.63) is 127 Å². The van der Waals surface area contributed by atoms with Crippen LogP contribution in [0.4, 0.5) is 26.7 Å². The van der Waals surface area contributed by atoms with Crippen LogP contribution in [0.5, 0.6) is 0 Å². The molecule has 0 spiro atoms. The predicted molar refractivity (Wildman–Crippen MR) is 259 cm³/mol. The Morgan fingerprint density at radius 2 is 0.954 bits per heavy atom. The van der Waals surface area contributed by atoms with E-state index in [0.717, 1.165) is 69.3 Å². The van der Waals surface area contributed by atoms with E-state index in [1.165, 1.54) is 19.8 Å². The first-order chi connectivity index (χ1) is 31.5.